The average Bonchev–Trinajstić information content (AvgIpc) is 2.58. The van der Waals surface area contributed by atoms with Gasteiger partial charge in [0.1, 0.15) is 0 Å². The molecule has 1 heterocycles. The Morgan fingerprint density at radius 1 is 1.41 bits per heavy atom. The summed E-state index contributed by atoms with van der Waals surface area (Å²) in [6.07, 6.45) is 1.48. The fourth-order valence-electron chi connectivity index (χ4n) is 1.28. The molecule has 1 aromatic heterocycles. The molecule has 0 amide bonds. The summed E-state index contributed by atoms with van der Waals surface area (Å²) in [6.45, 7) is 0. The van der Waals surface area contributed by atoms with Crippen molar-refractivity contribution in [2.75, 3.05) is 0 Å². The van der Waals surface area contributed by atoms with E-state index in [4.69, 9.17) is 34.8 Å². The molecule has 0 N–H and O–H groups in total. The summed E-state index contributed by atoms with van der Waals surface area (Å²) < 4.78 is -0.132. The zero-order valence-electron chi connectivity index (χ0n) is 8.01. The molecule has 0 spiro atoms. The Bertz CT molecular complexity index is 581. The van der Waals surface area contributed by atoms with Crippen LogP contribution in [-0.2, 0) is 0 Å². The summed E-state index contributed by atoms with van der Waals surface area (Å²) in [4.78, 5) is 10.1. The zero-order valence-corrected chi connectivity index (χ0v) is 11.1. The number of nitro benzene ring substituents is 1. The maximum Gasteiger partial charge on any atom is 0.270 e. The van der Waals surface area contributed by atoms with Crippen molar-refractivity contribution in [3.05, 3.63) is 34.5 Å². The van der Waals surface area contributed by atoms with Crippen LogP contribution >= 0.6 is 46.8 Å². The predicted molar refractivity (Wildman–Crippen MR) is 69.7 cm³/mol. The number of alkyl halides is 3. The minimum Gasteiger partial charge on any atom is -0.258 e. The van der Waals surface area contributed by atoms with Gasteiger partial charge in [0.25, 0.3) is 8.81 Å². The van der Waals surface area contributed by atoms with Gasteiger partial charge in [-0.15, -0.1) is 0 Å². The van der Waals surface area contributed by atoms with Crippen molar-refractivity contribution in [1.82, 2.24) is 9.19 Å². The van der Waals surface area contributed by atoms with Crippen molar-refractivity contribution in [3.63, 3.8) is 0 Å². The third-order valence-electron chi connectivity index (χ3n) is 1.92. The van der Waals surface area contributed by atoms with E-state index in [-0.39, 0.29) is 5.69 Å². The van der Waals surface area contributed by atoms with Crippen LogP contribution in [-0.4, -0.2) is 17.2 Å². The fraction of sp³-hybridized carbons (Fsp3) is 0.125. The number of non-ortho nitro benzene ring substituents is 1. The second-order valence-corrected chi connectivity index (χ2v) is 7.15. The van der Waals surface area contributed by atoms with Crippen LogP contribution in [0.3, 0.4) is 0 Å². The molecule has 0 aliphatic rings. The molecule has 0 unspecified atom stereocenters. The van der Waals surface area contributed by atoms with Gasteiger partial charge in [-0.2, -0.15) is 5.10 Å². The van der Waals surface area contributed by atoms with Gasteiger partial charge in [-0.1, -0.05) is 34.8 Å². The first kappa shape index (κ1) is 12.8. The molecule has 0 fully saturated rings. The van der Waals surface area contributed by atoms with Crippen LogP contribution in [0.5, 0.6) is 0 Å². The highest BCUT2D eigenvalue weighted by Gasteiger charge is 2.23. The molecule has 1 aromatic carbocycles. The summed E-state index contributed by atoms with van der Waals surface area (Å²) in [5, 5.41) is 15.2. The quantitative estimate of drug-likeness (QED) is 0.481. The Labute approximate surface area is 115 Å². The van der Waals surface area contributed by atoms with E-state index in [0.29, 0.717) is 10.9 Å². The summed E-state index contributed by atoms with van der Waals surface area (Å²) >= 11 is 17.8. The Morgan fingerprint density at radius 2 is 2.12 bits per heavy atom. The van der Waals surface area contributed by atoms with Crippen LogP contribution in [0.2, 0.25) is 0 Å². The van der Waals surface area contributed by atoms with E-state index < -0.39 is 8.05 Å². The van der Waals surface area contributed by atoms with Gasteiger partial charge in [-0.25, -0.2) is 4.09 Å². The van der Waals surface area contributed by atoms with Crippen molar-refractivity contribution in [2.24, 2.45) is 0 Å². The molecule has 0 aliphatic heterocycles. The van der Waals surface area contributed by atoms with Gasteiger partial charge in [0.15, 0.2) is 0 Å². The fourth-order valence-corrected chi connectivity index (χ4v) is 2.42. The van der Waals surface area contributed by atoms with Crippen molar-refractivity contribution < 1.29 is 4.92 Å². The van der Waals surface area contributed by atoms with Crippen molar-refractivity contribution in [1.29, 1.82) is 0 Å². The lowest BCUT2D eigenvalue weighted by molar-refractivity contribution is -0.384. The van der Waals surface area contributed by atoms with Gasteiger partial charge in [0, 0.05) is 29.5 Å². The van der Waals surface area contributed by atoms with E-state index in [1.807, 2.05) is 0 Å². The molecule has 90 valence electrons. The number of benzene rings is 1. The molecular formula is C8H4Cl3N3O2S. The van der Waals surface area contributed by atoms with Gasteiger partial charge < -0.3 is 0 Å². The van der Waals surface area contributed by atoms with Crippen LogP contribution in [0.15, 0.2) is 24.4 Å². The first-order valence-electron chi connectivity index (χ1n) is 4.25. The molecule has 0 radical (unpaired) electrons. The van der Waals surface area contributed by atoms with Gasteiger partial charge in [0.2, 0.25) is 0 Å². The second kappa shape index (κ2) is 4.53. The van der Waals surface area contributed by atoms with Gasteiger partial charge >= 0.3 is 0 Å². The minimum atomic E-state index is -1.54. The zero-order chi connectivity index (χ0) is 12.6. The minimum absolute atomic E-state index is 0.00377. The van der Waals surface area contributed by atoms with Crippen LogP contribution < -0.4 is 0 Å². The molecule has 0 saturated carbocycles. The largest absolute Gasteiger partial charge is 0.270 e. The van der Waals surface area contributed by atoms with E-state index in [0.717, 1.165) is 11.9 Å². The molecule has 17 heavy (non-hydrogen) atoms. The molecular weight excluding hydrogens is 309 g/mol. The van der Waals surface area contributed by atoms with E-state index in [9.17, 15) is 10.1 Å². The molecule has 2 aromatic rings. The molecule has 2 rings (SSSR count). The van der Waals surface area contributed by atoms with Crippen molar-refractivity contribution in [2.45, 2.75) is 3.12 Å². The van der Waals surface area contributed by atoms with Crippen LogP contribution in [0.4, 0.5) is 5.69 Å². The van der Waals surface area contributed by atoms with E-state index in [1.54, 1.807) is 6.07 Å². The summed E-state index contributed by atoms with van der Waals surface area (Å²) in [5.74, 6) is 0. The lowest BCUT2D eigenvalue weighted by atomic mass is 10.2. The SMILES string of the molecule is O=[N+]([O-])c1ccc2c(cnn2SC(Cl)(Cl)Cl)c1. The third kappa shape index (κ3) is 2.95. The van der Waals surface area contributed by atoms with Crippen molar-refractivity contribution >= 4 is 63.3 Å². The van der Waals surface area contributed by atoms with Crippen LogP contribution in [0.1, 0.15) is 0 Å². The van der Waals surface area contributed by atoms with Crippen molar-refractivity contribution in [3.8, 4) is 0 Å². The highest BCUT2D eigenvalue weighted by molar-refractivity contribution is 8.03. The van der Waals surface area contributed by atoms with Gasteiger partial charge in [-0.3, -0.25) is 10.1 Å². The topological polar surface area (TPSA) is 61.0 Å². The Hall–Kier alpha value is -0.690. The normalized spacial score (nSPS) is 11.9. The highest BCUT2D eigenvalue weighted by Crippen LogP contribution is 2.40. The predicted octanol–water partition coefficient (Wildman–Crippen LogP) is 3.77. The highest BCUT2D eigenvalue weighted by atomic mass is 35.6. The molecule has 0 saturated heterocycles. The second-order valence-electron chi connectivity index (χ2n) is 3.05. The number of hydrogen-bond acceptors (Lipinski definition) is 4. The number of hydrogen-bond donors (Lipinski definition) is 0. The first-order chi connectivity index (χ1) is 7.87. The standard InChI is InChI=1S/C8H4Cl3N3O2S/c9-8(10,11)17-13-7-2-1-6(14(15)16)3-5(7)4-12-13/h1-4H. The number of fused-ring (bicyclic) bond motifs is 1. The molecule has 0 atom stereocenters. The monoisotopic (exact) mass is 311 g/mol. The summed E-state index contributed by atoms with van der Waals surface area (Å²) in [7, 11) is 0. The molecule has 0 aliphatic carbocycles. The summed E-state index contributed by atoms with van der Waals surface area (Å²) in [5.41, 5.74) is 0.642. The Balaban J connectivity index is 2.45. The maximum absolute atomic E-state index is 10.6. The first-order valence-corrected chi connectivity index (χ1v) is 6.16. The third-order valence-corrected chi connectivity index (χ3v) is 3.21. The van der Waals surface area contributed by atoms with E-state index in [2.05, 4.69) is 5.10 Å². The van der Waals surface area contributed by atoms with Gasteiger partial charge in [0.05, 0.1) is 16.6 Å². The number of halogens is 3. The Kier molecular flexibility index (Phi) is 3.40. The van der Waals surface area contributed by atoms with Gasteiger partial charge in [-0.05, 0) is 6.07 Å². The maximum atomic E-state index is 10.6. The number of nitro groups is 1. The number of aromatic nitrogens is 2. The van der Waals surface area contributed by atoms with Crippen LogP contribution in [0.25, 0.3) is 10.9 Å². The van der Waals surface area contributed by atoms with Crippen LogP contribution in [0, 0.1) is 10.1 Å². The average molecular weight is 313 g/mol. The number of rotatable bonds is 2. The summed E-state index contributed by atoms with van der Waals surface area (Å²) in [6, 6.07) is 4.35. The molecule has 5 nitrogen and oxygen atoms in total. The van der Waals surface area contributed by atoms with E-state index in [1.165, 1.54) is 22.4 Å². The molecule has 9 heteroatoms. The Morgan fingerprint density at radius 3 is 2.71 bits per heavy atom. The molecule has 0 bridgehead atoms. The van der Waals surface area contributed by atoms with E-state index >= 15 is 0 Å². The lowest BCUT2D eigenvalue weighted by Crippen LogP contribution is -2.01. The lowest BCUT2D eigenvalue weighted by Gasteiger charge is -2.09. The smallest absolute Gasteiger partial charge is 0.258 e. The number of nitrogens with zero attached hydrogens (tertiary/aromatic N) is 3.